The molecule has 3 rings (SSSR count). The van der Waals surface area contributed by atoms with Crippen molar-refractivity contribution in [2.75, 3.05) is 39.5 Å². The quantitative estimate of drug-likeness (QED) is 0.615. The largest absolute Gasteiger partial charge is 0.490 e. The van der Waals surface area contributed by atoms with E-state index in [0.29, 0.717) is 48.6 Å². The monoisotopic (exact) mass is 418 g/mol. The van der Waals surface area contributed by atoms with Gasteiger partial charge in [-0.05, 0) is 77.6 Å². The maximum Gasteiger partial charge on any atom is 0.251 e. The normalized spacial score (nSPS) is 18.4. The third-order valence-corrected chi connectivity index (χ3v) is 6.21. The molecule has 1 heterocycles. The second-order valence-electron chi connectivity index (χ2n) is 8.23. The van der Waals surface area contributed by atoms with E-state index >= 15 is 0 Å². The van der Waals surface area contributed by atoms with Crippen LogP contribution in [0.2, 0.25) is 0 Å². The summed E-state index contributed by atoms with van der Waals surface area (Å²) in [5.74, 6) is 2.14. The molecule has 2 aliphatic rings. The fraction of sp³-hybridized carbons (Fsp3) is 0.708. The zero-order valence-corrected chi connectivity index (χ0v) is 18.9. The fourth-order valence-corrected chi connectivity index (χ4v) is 4.65. The molecule has 6 nitrogen and oxygen atoms in total. The first-order chi connectivity index (χ1) is 14.7. The fourth-order valence-electron chi connectivity index (χ4n) is 4.65. The van der Waals surface area contributed by atoms with E-state index in [1.165, 1.54) is 25.7 Å². The van der Waals surface area contributed by atoms with Gasteiger partial charge in [0, 0.05) is 18.2 Å². The average Bonchev–Trinajstić information content (AvgIpc) is 3.30. The zero-order valence-electron chi connectivity index (χ0n) is 18.9. The molecule has 0 unspecified atom stereocenters. The highest BCUT2D eigenvalue weighted by atomic mass is 16.5. The first kappa shape index (κ1) is 22.7. The van der Waals surface area contributed by atoms with E-state index in [4.69, 9.17) is 14.2 Å². The summed E-state index contributed by atoms with van der Waals surface area (Å²) in [6.07, 6.45) is 7.82. The first-order valence-electron chi connectivity index (χ1n) is 11.7. The Morgan fingerprint density at radius 1 is 0.933 bits per heavy atom. The Morgan fingerprint density at radius 2 is 1.50 bits per heavy atom. The molecule has 30 heavy (non-hydrogen) atoms. The molecule has 0 radical (unpaired) electrons. The van der Waals surface area contributed by atoms with Crippen molar-refractivity contribution < 1.29 is 19.0 Å². The Balaban J connectivity index is 1.59. The maximum atomic E-state index is 12.9. The molecule has 1 amide bonds. The van der Waals surface area contributed by atoms with Gasteiger partial charge in [0.2, 0.25) is 5.75 Å². The number of amides is 1. The minimum absolute atomic E-state index is 0.0850. The van der Waals surface area contributed by atoms with Crippen LogP contribution in [-0.4, -0.2) is 56.3 Å². The molecule has 0 atom stereocenters. The Bertz CT molecular complexity index is 653. The molecule has 1 aliphatic heterocycles. The van der Waals surface area contributed by atoms with Gasteiger partial charge in [-0.1, -0.05) is 12.8 Å². The van der Waals surface area contributed by atoms with E-state index in [2.05, 4.69) is 10.2 Å². The van der Waals surface area contributed by atoms with Crippen LogP contribution in [0, 0.1) is 5.92 Å². The number of benzene rings is 1. The molecule has 0 bridgehead atoms. The second-order valence-corrected chi connectivity index (χ2v) is 8.23. The van der Waals surface area contributed by atoms with Gasteiger partial charge >= 0.3 is 0 Å². The van der Waals surface area contributed by atoms with Crippen LogP contribution in [0.15, 0.2) is 12.1 Å². The first-order valence-corrected chi connectivity index (χ1v) is 11.7. The van der Waals surface area contributed by atoms with Gasteiger partial charge in [-0.2, -0.15) is 0 Å². The van der Waals surface area contributed by atoms with E-state index in [9.17, 15) is 4.79 Å². The number of carbonyl (C=O) groups is 1. The molecule has 6 heteroatoms. The number of rotatable bonds is 10. The van der Waals surface area contributed by atoms with Crippen LogP contribution in [0.3, 0.4) is 0 Å². The Labute approximate surface area is 181 Å². The molecule has 0 spiro atoms. The second kappa shape index (κ2) is 11.4. The minimum Gasteiger partial charge on any atom is -0.490 e. The molecule has 1 aromatic rings. The van der Waals surface area contributed by atoms with Crippen molar-refractivity contribution >= 4 is 5.91 Å². The van der Waals surface area contributed by atoms with Gasteiger partial charge in [-0.15, -0.1) is 0 Å². The van der Waals surface area contributed by atoms with Gasteiger partial charge in [0.25, 0.3) is 5.91 Å². The minimum atomic E-state index is -0.0850. The number of carbonyl (C=O) groups excluding carboxylic acids is 1. The summed E-state index contributed by atoms with van der Waals surface area (Å²) in [6.45, 7) is 10.3. The molecular weight excluding hydrogens is 380 g/mol. The molecule has 1 saturated heterocycles. The number of nitrogens with one attached hydrogen (secondary N) is 1. The van der Waals surface area contributed by atoms with Gasteiger partial charge in [-0.25, -0.2) is 0 Å². The van der Waals surface area contributed by atoms with E-state index in [1.807, 2.05) is 20.8 Å². The Hall–Kier alpha value is -1.95. The summed E-state index contributed by atoms with van der Waals surface area (Å²) in [4.78, 5) is 15.5. The highest BCUT2D eigenvalue weighted by Gasteiger charge is 2.27. The van der Waals surface area contributed by atoms with E-state index in [0.717, 1.165) is 38.5 Å². The number of hydrogen-bond acceptors (Lipinski definition) is 5. The van der Waals surface area contributed by atoms with E-state index < -0.39 is 0 Å². The Morgan fingerprint density at radius 3 is 2.03 bits per heavy atom. The lowest BCUT2D eigenvalue weighted by Crippen LogP contribution is -2.42. The maximum absolute atomic E-state index is 12.9. The van der Waals surface area contributed by atoms with Gasteiger partial charge in [0.05, 0.1) is 19.8 Å². The van der Waals surface area contributed by atoms with Crippen LogP contribution >= 0.6 is 0 Å². The summed E-state index contributed by atoms with van der Waals surface area (Å²) in [7, 11) is 0. The molecule has 1 aromatic carbocycles. The summed E-state index contributed by atoms with van der Waals surface area (Å²) in [6, 6.07) is 4.32. The van der Waals surface area contributed by atoms with E-state index in [-0.39, 0.29) is 5.91 Å². The van der Waals surface area contributed by atoms with Gasteiger partial charge in [-0.3, -0.25) is 4.79 Å². The molecule has 0 aromatic heterocycles. The van der Waals surface area contributed by atoms with Crippen LogP contribution in [0.1, 0.15) is 69.7 Å². The van der Waals surface area contributed by atoms with Crippen molar-refractivity contribution in [3.05, 3.63) is 17.7 Å². The number of nitrogens with zero attached hydrogens (tertiary/aromatic N) is 1. The summed E-state index contributed by atoms with van der Waals surface area (Å²) >= 11 is 0. The van der Waals surface area contributed by atoms with Crippen molar-refractivity contribution in [3.8, 4) is 17.2 Å². The SMILES string of the molecule is CCOc1cc(C(=O)NCC2CCN(C3CCCC3)CC2)cc(OCC)c1OCC. The lowest BCUT2D eigenvalue weighted by Gasteiger charge is -2.36. The standard InChI is InChI=1S/C24H38N2O4/c1-4-28-21-15-19(16-22(29-5-2)23(21)30-6-3)24(27)25-17-18-11-13-26(14-12-18)20-9-7-8-10-20/h15-16,18,20H,4-14,17H2,1-3H3,(H,25,27). The van der Waals surface area contributed by atoms with Gasteiger partial charge in [0.1, 0.15) is 0 Å². The smallest absolute Gasteiger partial charge is 0.251 e. The van der Waals surface area contributed by atoms with Crippen molar-refractivity contribution in [3.63, 3.8) is 0 Å². The molecule has 1 aliphatic carbocycles. The lowest BCUT2D eigenvalue weighted by atomic mass is 9.95. The van der Waals surface area contributed by atoms with Crippen molar-refractivity contribution in [1.82, 2.24) is 10.2 Å². The van der Waals surface area contributed by atoms with E-state index in [1.54, 1.807) is 12.1 Å². The molecule has 1 saturated carbocycles. The highest BCUT2D eigenvalue weighted by molar-refractivity contribution is 5.95. The van der Waals surface area contributed by atoms with Crippen LogP contribution in [0.25, 0.3) is 0 Å². The predicted octanol–water partition coefficient (Wildman–Crippen LogP) is 4.27. The van der Waals surface area contributed by atoms with Crippen LogP contribution in [-0.2, 0) is 0 Å². The van der Waals surface area contributed by atoms with Crippen molar-refractivity contribution in [2.24, 2.45) is 5.92 Å². The predicted molar refractivity (Wildman–Crippen MR) is 119 cm³/mol. The number of piperidine rings is 1. The topological polar surface area (TPSA) is 60.0 Å². The third kappa shape index (κ3) is 5.81. The van der Waals surface area contributed by atoms with Crippen molar-refractivity contribution in [2.45, 2.75) is 65.3 Å². The third-order valence-electron chi connectivity index (χ3n) is 6.21. The molecule has 168 valence electrons. The summed E-state index contributed by atoms with van der Waals surface area (Å²) < 4.78 is 17.2. The average molecular weight is 419 g/mol. The molecule has 2 fully saturated rings. The lowest BCUT2D eigenvalue weighted by molar-refractivity contribution is 0.0923. The summed E-state index contributed by atoms with van der Waals surface area (Å²) in [5.41, 5.74) is 0.550. The van der Waals surface area contributed by atoms with Crippen LogP contribution in [0.5, 0.6) is 17.2 Å². The number of hydrogen-bond donors (Lipinski definition) is 1. The van der Waals surface area contributed by atoms with Crippen LogP contribution in [0.4, 0.5) is 0 Å². The van der Waals surface area contributed by atoms with Crippen molar-refractivity contribution in [1.29, 1.82) is 0 Å². The zero-order chi connectivity index (χ0) is 21.3. The number of likely N-dealkylation sites (tertiary alicyclic amines) is 1. The van der Waals surface area contributed by atoms with Gasteiger partial charge < -0.3 is 24.4 Å². The van der Waals surface area contributed by atoms with Crippen LogP contribution < -0.4 is 19.5 Å². The van der Waals surface area contributed by atoms with Gasteiger partial charge in [0.15, 0.2) is 11.5 Å². The highest BCUT2D eigenvalue weighted by Crippen LogP contribution is 2.39. The summed E-state index contributed by atoms with van der Waals surface area (Å²) in [5, 5.41) is 3.13. The Kier molecular flexibility index (Phi) is 8.67. The number of ether oxygens (including phenoxy) is 3. The molecular formula is C24H38N2O4. The molecule has 1 N–H and O–H groups in total.